The molecule has 0 aromatic carbocycles. The van der Waals surface area contributed by atoms with Crippen LogP contribution in [0.4, 0.5) is 0 Å². The van der Waals surface area contributed by atoms with Crippen molar-refractivity contribution in [1.82, 2.24) is 10.4 Å². The SMILES string of the molecule is CC(C)OC(=O)C1CC2CCCN(C2)N1. The van der Waals surface area contributed by atoms with E-state index in [-0.39, 0.29) is 18.1 Å². The van der Waals surface area contributed by atoms with Gasteiger partial charge in [-0.3, -0.25) is 4.79 Å². The highest BCUT2D eigenvalue weighted by Crippen LogP contribution is 2.25. The molecule has 3 unspecified atom stereocenters. The van der Waals surface area contributed by atoms with Gasteiger partial charge >= 0.3 is 5.97 Å². The van der Waals surface area contributed by atoms with Gasteiger partial charge in [-0.15, -0.1) is 0 Å². The van der Waals surface area contributed by atoms with Crippen LogP contribution in [0, 0.1) is 5.92 Å². The van der Waals surface area contributed by atoms with Crippen molar-refractivity contribution in [2.75, 3.05) is 13.1 Å². The molecule has 0 saturated carbocycles. The minimum atomic E-state index is -0.119. The number of ether oxygens (including phenoxy) is 1. The molecule has 0 aliphatic carbocycles. The van der Waals surface area contributed by atoms with E-state index in [0.717, 1.165) is 19.5 Å². The molecule has 2 aliphatic heterocycles. The van der Waals surface area contributed by atoms with Crippen LogP contribution in [0.3, 0.4) is 0 Å². The van der Waals surface area contributed by atoms with Crippen molar-refractivity contribution >= 4 is 5.97 Å². The van der Waals surface area contributed by atoms with Crippen LogP contribution in [0.1, 0.15) is 33.1 Å². The number of hydrogen-bond acceptors (Lipinski definition) is 4. The van der Waals surface area contributed by atoms with E-state index in [1.165, 1.54) is 12.8 Å². The molecule has 2 bridgehead atoms. The molecule has 3 atom stereocenters. The number of rotatable bonds is 2. The molecule has 0 spiro atoms. The summed E-state index contributed by atoms with van der Waals surface area (Å²) >= 11 is 0. The average molecular weight is 212 g/mol. The maximum atomic E-state index is 11.7. The Morgan fingerprint density at radius 2 is 2.33 bits per heavy atom. The Balaban J connectivity index is 1.90. The van der Waals surface area contributed by atoms with Gasteiger partial charge in [0, 0.05) is 13.1 Å². The van der Waals surface area contributed by atoms with Crippen LogP contribution in [-0.2, 0) is 9.53 Å². The van der Waals surface area contributed by atoms with Crippen LogP contribution >= 0.6 is 0 Å². The first-order valence-electron chi connectivity index (χ1n) is 5.87. The van der Waals surface area contributed by atoms with E-state index < -0.39 is 0 Å². The summed E-state index contributed by atoms with van der Waals surface area (Å²) in [6.45, 7) is 5.93. The van der Waals surface area contributed by atoms with Gasteiger partial charge in [0.1, 0.15) is 6.04 Å². The van der Waals surface area contributed by atoms with Crippen LogP contribution in [0.2, 0.25) is 0 Å². The van der Waals surface area contributed by atoms with Crippen molar-refractivity contribution < 1.29 is 9.53 Å². The van der Waals surface area contributed by atoms with Crippen LogP contribution in [0.15, 0.2) is 0 Å². The summed E-state index contributed by atoms with van der Waals surface area (Å²) < 4.78 is 5.23. The summed E-state index contributed by atoms with van der Waals surface area (Å²) in [6, 6.07) is -0.119. The molecule has 2 saturated heterocycles. The number of nitrogens with one attached hydrogen (secondary N) is 1. The van der Waals surface area contributed by atoms with Gasteiger partial charge in [0.25, 0.3) is 0 Å². The van der Waals surface area contributed by atoms with Crippen molar-refractivity contribution in [3.8, 4) is 0 Å². The number of piperidine rings is 1. The second-order valence-electron chi connectivity index (χ2n) is 4.86. The lowest BCUT2D eigenvalue weighted by molar-refractivity contribution is -0.154. The van der Waals surface area contributed by atoms with Crippen LogP contribution in [0.5, 0.6) is 0 Å². The third kappa shape index (κ3) is 2.69. The highest BCUT2D eigenvalue weighted by molar-refractivity contribution is 5.76. The van der Waals surface area contributed by atoms with Gasteiger partial charge in [0.15, 0.2) is 0 Å². The fourth-order valence-electron chi connectivity index (χ4n) is 2.44. The minimum Gasteiger partial charge on any atom is -0.462 e. The van der Waals surface area contributed by atoms with Gasteiger partial charge in [-0.05, 0) is 39.0 Å². The van der Waals surface area contributed by atoms with E-state index in [2.05, 4.69) is 10.4 Å². The highest BCUT2D eigenvalue weighted by atomic mass is 16.5. The smallest absolute Gasteiger partial charge is 0.324 e. The van der Waals surface area contributed by atoms with Crippen LogP contribution in [-0.4, -0.2) is 36.2 Å². The Morgan fingerprint density at radius 3 is 3.00 bits per heavy atom. The number of fused-ring (bicyclic) bond motifs is 2. The third-order valence-electron chi connectivity index (χ3n) is 3.06. The zero-order valence-electron chi connectivity index (χ0n) is 9.53. The second-order valence-corrected chi connectivity index (χ2v) is 4.86. The van der Waals surface area contributed by atoms with E-state index in [4.69, 9.17) is 4.74 Å². The van der Waals surface area contributed by atoms with E-state index in [1.807, 2.05) is 13.8 Å². The number of hydrazine groups is 1. The zero-order valence-corrected chi connectivity index (χ0v) is 9.53. The normalized spacial score (nSPS) is 35.3. The lowest BCUT2D eigenvalue weighted by Gasteiger charge is -2.41. The van der Waals surface area contributed by atoms with Gasteiger partial charge in [-0.25, -0.2) is 10.4 Å². The molecule has 1 N–H and O–H groups in total. The van der Waals surface area contributed by atoms with Crippen LogP contribution in [0.25, 0.3) is 0 Å². The standard InChI is InChI=1S/C11H20N2O2/c1-8(2)15-11(14)10-6-9-4-3-5-13(7-9)12-10/h8-10,12H,3-7H2,1-2H3. The molecule has 0 amide bonds. The van der Waals surface area contributed by atoms with Crippen molar-refractivity contribution in [2.24, 2.45) is 5.92 Å². The molecule has 4 heteroatoms. The van der Waals surface area contributed by atoms with Gasteiger partial charge in [-0.2, -0.15) is 0 Å². The third-order valence-corrected chi connectivity index (χ3v) is 3.06. The predicted molar refractivity (Wildman–Crippen MR) is 57.1 cm³/mol. The molecule has 2 rings (SSSR count). The van der Waals surface area contributed by atoms with Crippen LogP contribution < -0.4 is 5.43 Å². The molecule has 0 radical (unpaired) electrons. The summed E-state index contributed by atoms with van der Waals surface area (Å²) in [5.74, 6) is 0.575. The molecule has 0 aromatic rings. The summed E-state index contributed by atoms with van der Waals surface area (Å²) in [6.07, 6.45) is 3.41. The summed E-state index contributed by atoms with van der Waals surface area (Å²) in [5, 5.41) is 2.17. The topological polar surface area (TPSA) is 41.6 Å². The van der Waals surface area contributed by atoms with Crippen molar-refractivity contribution in [3.05, 3.63) is 0 Å². The number of hydrogen-bond donors (Lipinski definition) is 1. The number of carbonyl (C=O) groups excluding carboxylic acids is 1. The quantitative estimate of drug-likeness (QED) is 0.691. The van der Waals surface area contributed by atoms with Crippen molar-refractivity contribution in [2.45, 2.75) is 45.3 Å². The summed E-state index contributed by atoms with van der Waals surface area (Å²) in [5.41, 5.74) is 3.25. The highest BCUT2D eigenvalue weighted by Gasteiger charge is 2.34. The average Bonchev–Trinajstić information content (AvgIpc) is 2.16. The number of nitrogens with zero attached hydrogens (tertiary/aromatic N) is 1. The molecule has 4 nitrogen and oxygen atoms in total. The molecule has 2 aliphatic rings. The fraction of sp³-hybridized carbons (Fsp3) is 0.909. The monoisotopic (exact) mass is 212 g/mol. The maximum Gasteiger partial charge on any atom is 0.324 e. The maximum absolute atomic E-state index is 11.7. The van der Waals surface area contributed by atoms with Crippen molar-refractivity contribution in [3.63, 3.8) is 0 Å². The van der Waals surface area contributed by atoms with E-state index in [1.54, 1.807) is 0 Å². The Kier molecular flexibility index (Phi) is 3.26. The molecule has 2 heterocycles. The van der Waals surface area contributed by atoms with Gasteiger partial charge in [-0.1, -0.05) is 0 Å². The Hall–Kier alpha value is -0.610. The van der Waals surface area contributed by atoms with Gasteiger partial charge in [0.2, 0.25) is 0 Å². The lowest BCUT2D eigenvalue weighted by atomic mass is 9.90. The minimum absolute atomic E-state index is 0.0175. The van der Waals surface area contributed by atoms with E-state index >= 15 is 0 Å². The number of carbonyl (C=O) groups is 1. The fourth-order valence-corrected chi connectivity index (χ4v) is 2.44. The first-order valence-corrected chi connectivity index (χ1v) is 5.87. The molecule has 2 fully saturated rings. The largest absolute Gasteiger partial charge is 0.462 e. The zero-order chi connectivity index (χ0) is 10.8. The molecular formula is C11H20N2O2. The second kappa shape index (κ2) is 4.49. The van der Waals surface area contributed by atoms with Gasteiger partial charge in [0.05, 0.1) is 6.10 Å². The first-order chi connectivity index (χ1) is 7.15. The van der Waals surface area contributed by atoms with E-state index in [0.29, 0.717) is 5.92 Å². The Morgan fingerprint density at radius 1 is 1.53 bits per heavy atom. The summed E-state index contributed by atoms with van der Waals surface area (Å²) in [4.78, 5) is 11.7. The van der Waals surface area contributed by atoms with Gasteiger partial charge < -0.3 is 4.74 Å². The first kappa shape index (κ1) is 10.9. The Bertz CT molecular complexity index is 231. The van der Waals surface area contributed by atoms with E-state index in [9.17, 15) is 4.79 Å². The van der Waals surface area contributed by atoms with Crippen molar-refractivity contribution in [1.29, 1.82) is 0 Å². The molecule has 0 aromatic heterocycles. The lowest BCUT2D eigenvalue weighted by Crippen LogP contribution is -2.58. The molecular weight excluding hydrogens is 192 g/mol. The molecule has 15 heavy (non-hydrogen) atoms. The Labute approximate surface area is 90.9 Å². The molecule has 86 valence electrons. The summed E-state index contributed by atoms with van der Waals surface area (Å²) in [7, 11) is 0. The predicted octanol–water partition coefficient (Wildman–Crippen LogP) is 0.927. The number of esters is 1.